The fourth-order valence-electron chi connectivity index (χ4n) is 1.97. The Labute approximate surface area is 101 Å². The lowest BCUT2D eigenvalue weighted by Gasteiger charge is -2.32. The van der Waals surface area contributed by atoms with E-state index < -0.39 is 6.04 Å². The van der Waals surface area contributed by atoms with Crippen molar-refractivity contribution in [2.24, 2.45) is 5.73 Å². The summed E-state index contributed by atoms with van der Waals surface area (Å²) in [6.45, 7) is 0. The van der Waals surface area contributed by atoms with Gasteiger partial charge in [0.15, 0.2) is 0 Å². The van der Waals surface area contributed by atoms with Gasteiger partial charge in [0.1, 0.15) is 0 Å². The van der Waals surface area contributed by atoms with Crippen LogP contribution in [0.2, 0.25) is 0 Å². The van der Waals surface area contributed by atoms with E-state index in [0.717, 1.165) is 5.56 Å². The number of rotatable bonds is 4. The highest BCUT2D eigenvalue weighted by molar-refractivity contribution is 5.82. The molecule has 1 saturated carbocycles. The molecule has 17 heavy (non-hydrogen) atoms. The molecule has 0 saturated heterocycles. The van der Waals surface area contributed by atoms with Gasteiger partial charge >= 0.3 is 0 Å². The molecule has 1 amide bonds. The summed E-state index contributed by atoms with van der Waals surface area (Å²) < 4.78 is 0. The number of carbonyl (C=O) groups excluding carboxylic acids is 1. The molecule has 0 radical (unpaired) electrons. The Bertz CT molecular complexity index is 374. The normalized spacial score (nSPS) is 24.8. The van der Waals surface area contributed by atoms with Crippen molar-refractivity contribution < 1.29 is 9.90 Å². The Hall–Kier alpha value is -1.39. The van der Waals surface area contributed by atoms with Gasteiger partial charge in [-0.1, -0.05) is 30.3 Å². The Morgan fingerprint density at radius 3 is 2.65 bits per heavy atom. The topological polar surface area (TPSA) is 75.4 Å². The minimum Gasteiger partial charge on any atom is -0.393 e. The number of amides is 1. The zero-order valence-corrected chi connectivity index (χ0v) is 9.67. The van der Waals surface area contributed by atoms with Crippen molar-refractivity contribution in [3.05, 3.63) is 35.9 Å². The molecule has 0 spiro atoms. The highest BCUT2D eigenvalue weighted by atomic mass is 16.3. The molecule has 1 aromatic rings. The number of aliphatic hydroxyl groups is 1. The molecule has 1 aliphatic carbocycles. The summed E-state index contributed by atoms with van der Waals surface area (Å²) in [6.07, 6.45) is 1.57. The van der Waals surface area contributed by atoms with Crippen molar-refractivity contribution >= 4 is 5.91 Å². The quantitative estimate of drug-likeness (QED) is 0.696. The summed E-state index contributed by atoms with van der Waals surface area (Å²) in [5.74, 6) is -0.134. The first-order valence-electron chi connectivity index (χ1n) is 5.93. The average Bonchev–Trinajstić information content (AvgIpc) is 2.28. The minimum absolute atomic E-state index is 0.0966. The number of hydrogen-bond donors (Lipinski definition) is 3. The second-order valence-corrected chi connectivity index (χ2v) is 4.63. The third-order valence-corrected chi connectivity index (χ3v) is 3.09. The largest absolute Gasteiger partial charge is 0.393 e. The van der Waals surface area contributed by atoms with Gasteiger partial charge in [-0.3, -0.25) is 4.79 Å². The van der Waals surface area contributed by atoms with E-state index in [1.807, 2.05) is 30.3 Å². The van der Waals surface area contributed by atoms with E-state index in [0.29, 0.717) is 19.3 Å². The molecular weight excluding hydrogens is 216 g/mol. The average molecular weight is 234 g/mol. The van der Waals surface area contributed by atoms with Crippen LogP contribution in [0.15, 0.2) is 30.3 Å². The number of benzene rings is 1. The van der Waals surface area contributed by atoms with Crippen molar-refractivity contribution in [1.82, 2.24) is 5.32 Å². The highest BCUT2D eigenvalue weighted by Gasteiger charge is 2.29. The molecule has 4 N–H and O–H groups in total. The van der Waals surface area contributed by atoms with Crippen molar-refractivity contribution in [2.75, 3.05) is 0 Å². The lowest BCUT2D eigenvalue weighted by atomic mass is 9.89. The first-order valence-corrected chi connectivity index (χ1v) is 5.93. The summed E-state index contributed by atoms with van der Waals surface area (Å²) >= 11 is 0. The molecule has 4 heteroatoms. The molecular formula is C13H18N2O2. The predicted octanol–water partition coefficient (Wildman–Crippen LogP) is 0.196. The number of carbonyl (C=O) groups is 1. The zero-order chi connectivity index (χ0) is 12.3. The van der Waals surface area contributed by atoms with E-state index in [2.05, 4.69) is 5.32 Å². The molecule has 0 heterocycles. The van der Waals surface area contributed by atoms with Crippen molar-refractivity contribution in [3.8, 4) is 0 Å². The number of aliphatic hydroxyl groups excluding tert-OH is 1. The first kappa shape index (κ1) is 12.1. The van der Waals surface area contributed by atoms with Gasteiger partial charge < -0.3 is 16.2 Å². The Morgan fingerprint density at radius 1 is 1.41 bits per heavy atom. The zero-order valence-electron chi connectivity index (χ0n) is 9.67. The van der Waals surface area contributed by atoms with E-state index >= 15 is 0 Å². The van der Waals surface area contributed by atoms with Gasteiger partial charge in [-0.15, -0.1) is 0 Å². The van der Waals surface area contributed by atoms with Gasteiger partial charge in [0, 0.05) is 6.04 Å². The summed E-state index contributed by atoms with van der Waals surface area (Å²) in [4.78, 5) is 11.7. The SMILES string of the molecule is N[C@H](Cc1ccccc1)C(=O)NC1CC(O)C1. The van der Waals surface area contributed by atoms with Crippen LogP contribution in [0.5, 0.6) is 0 Å². The van der Waals surface area contributed by atoms with Crippen LogP contribution in [0, 0.1) is 0 Å². The lowest BCUT2D eigenvalue weighted by molar-refractivity contribution is -0.124. The van der Waals surface area contributed by atoms with E-state index in [9.17, 15) is 4.79 Å². The van der Waals surface area contributed by atoms with Gasteiger partial charge in [0.25, 0.3) is 0 Å². The molecule has 1 aliphatic rings. The molecule has 92 valence electrons. The van der Waals surface area contributed by atoms with Crippen LogP contribution in [0.25, 0.3) is 0 Å². The number of nitrogens with two attached hydrogens (primary N) is 1. The van der Waals surface area contributed by atoms with Crippen molar-refractivity contribution in [1.29, 1.82) is 0 Å². The van der Waals surface area contributed by atoms with Gasteiger partial charge in [0.05, 0.1) is 12.1 Å². The van der Waals surface area contributed by atoms with E-state index in [1.165, 1.54) is 0 Å². The lowest BCUT2D eigenvalue weighted by Crippen LogP contribution is -2.52. The Balaban J connectivity index is 1.79. The highest BCUT2D eigenvalue weighted by Crippen LogP contribution is 2.19. The molecule has 1 fully saturated rings. The van der Waals surface area contributed by atoms with Crippen LogP contribution in [-0.2, 0) is 11.2 Å². The summed E-state index contributed by atoms with van der Waals surface area (Å²) in [6, 6.07) is 9.30. The summed E-state index contributed by atoms with van der Waals surface area (Å²) in [5.41, 5.74) is 6.90. The fraction of sp³-hybridized carbons (Fsp3) is 0.462. The molecule has 4 nitrogen and oxygen atoms in total. The van der Waals surface area contributed by atoms with Crippen LogP contribution in [0.3, 0.4) is 0 Å². The van der Waals surface area contributed by atoms with Crippen LogP contribution >= 0.6 is 0 Å². The monoisotopic (exact) mass is 234 g/mol. The standard InChI is InChI=1S/C13H18N2O2/c14-12(6-9-4-2-1-3-5-9)13(17)15-10-7-11(16)8-10/h1-5,10-12,16H,6-8,14H2,(H,15,17)/t10?,11?,12-/m1/s1. The van der Waals surface area contributed by atoms with E-state index in [1.54, 1.807) is 0 Å². The maximum Gasteiger partial charge on any atom is 0.237 e. The Kier molecular flexibility index (Phi) is 3.76. The van der Waals surface area contributed by atoms with E-state index in [4.69, 9.17) is 10.8 Å². The molecule has 0 unspecified atom stereocenters. The molecule has 0 aromatic heterocycles. The predicted molar refractivity (Wildman–Crippen MR) is 65.3 cm³/mol. The summed E-state index contributed by atoms with van der Waals surface area (Å²) in [7, 11) is 0. The van der Waals surface area contributed by atoms with Gasteiger partial charge in [-0.2, -0.15) is 0 Å². The molecule has 0 aliphatic heterocycles. The molecule has 2 rings (SSSR count). The minimum atomic E-state index is -0.518. The van der Waals surface area contributed by atoms with Crippen LogP contribution in [0.4, 0.5) is 0 Å². The maximum absolute atomic E-state index is 11.7. The smallest absolute Gasteiger partial charge is 0.237 e. The van der Waals surface area contributed by atoms with Crippen LogP contribution in [-0.4, -0.2) is 29.2 Å². The third kappa shape index (κ3) is 3.28. The Morgan fingerprint density at radius 2 is 2.06 bits per heavy atom. The molecule has 0 bridgehead atoms. The van der Waals surface area contributed by atoms with Crippen molar-refractivity contribution in [3.63, 3.8) is 0 Å². The number of hydrogen-bond acceptors (Lipinski definition) is 3. The second-order valence-electron chi connectivity index (χ2n) is 4.63. The third-order valence-electron chi connectivity index (χ3n) is 3.09. The van der Waals surface area contributed by atoms with Crippen molar-refractivity contribution in [2.45, 2.75) is 37.5 Å². The molecule has 1 aromatic carbocycles. The van der Waals surface area contributed by atoms with E-state index in [-0.39, 0.29) is 18.1 Å². The van der Waals surface area contributed by atoms with Gasteiger partial charge in [-0.25, -0.2) is 0 Å². The fourth-order valence-corrected chi connectivity index (χ4v) is 1.97. The maximum atomic E-state index is 11.7. The summed E-state index contributed by atoms with van der Waals surface area (Å²) in [5, 5.41) is 12.0. The second kappa shape index (κ2) is 5.29. The number of nitrogens with one attached hydrogen (secondary N) is 1. The van der Waals surface area contributed by atoms with Gasteiger partial charge in [0.2, 0.25) is 5.91 Å². The van der Waals surface area contributed by atoms with Crippen LogP contribution < -0.4 is 11.1 Å². The van der Waals surface area contributed by atoms with Gasteiger partial charge in [-0.05, 0) is 24.8 Å². The first-order chi connectivity index (χ1) is 8.15. The molecule has 1 atom stereocenters. The van der Waals surface area contributed by atoms with Crippen LogP contribution in [0.1, 0.15) is 18.4 Å².